The summed E-state index contributed by atoms with van der Waals surface area (Å²) >= 11 is 0. The van der Waals surface area contributed by atoms with Crippen molar-refractivity contribution in [3.05, 3.63) is 0 Å². The lowest BCUT2D eigenvalue weighted by Gasteiger charge is -2.33. The Morgan fingerprint density at radius 3 is 2.19 bits per heavy atom. The van der Waals surface area contributed by atoms with Crippen LogP contribution >= 0.6 is 0 Å². The maximum Gasteiger partial charge on any atom is 0.511 e. The summed E-state index contributed by atoms with van der Waals surface area (Å²) in [5.41, 5.74) is -5.33. The first-order chi connectivity index (χ1) is 11.8. The predicted molar refractivity (Wildman–Crippen MR) is 94.3 cm³/mol. The molecule has 2 N–H and O–H groups in total. The van der Waals surface area contributed by atoms with Crippen molar-refractivity contribution in [3.8, 4) is 0 Å². The molecule has 11 heteroatoms. The number of piperidine rings is 1. The first kappa shape index (κ1) is 23.0. The Morgan fingerprint density at radius 1 is 1.27 bits per heavy atom. The second kappa shape index (κ2) is 8.75. The first-order valence-electron chi connectivity index (χ1n) is 8.39. The molecule has 1 heterocycles. The molecule has 0 radical (unpaired) electrons. The molecular weight excluding hydrogens is 373 g/mol. The lowest BCUT2D eigenvalue weighted by Crippen LogP contribution is -2.53. The van der Waals surface area contributed by atoms with Crippen LogP contribution in [0.5, 0.6) is 0 Å². The van der Waals surface area contributed by atoms with E-state index in [1.807, 2.05) is 0 Å². The molecule has 0 aromatic carbocycles. The van der Waals surface area contributed by atoms with Gasteiger partial charge in [-0.05, 0) is 18.3 Å². The van der Waals surface area contributed by atoms with Crippen LogP contribution in [-0.4, -0.2) is 70.1 Å². The maximum atomic E-state index is 12.6. The molecule has 26 heavy (non-hydrogen) atoms. The van der Waals surface area contributed by atoms with E-state index in [9.17, 15) is 21.6 Å². The third-order valence-electron chi connectivity index (χ3n) is 4.36. The molecule has 0 spiro atoms. The largest absolute Gasteiger partial charge is 0.511 e. The van der Waals surface area contributed by atoms with Crippen molar-refractivity contribution in [3.63, 3.8) is 0 Å². The van der Waals surface area contributed by atoms with E-state index in [1.165, 1.54) is 0 Å². The summed E-state index contributed by atoms with van der Waals surface area (Å²) in [6, 6.07) is -0.156. The van der Waals surface area contributed by atoms with Crippen molar-refractivity contribution in [1.29, 1.82) is 0 Å². The summed E-state index contributed by atoms with van der Waals surface area (Å²) in [4.78, 5) is 4.10. The van der Waals surface area contributed by atoms with Gasteiger partial charge in [-0.15, -0.1) is 0 Å². The van der Waals surface area contributed by atoms with Gasteiger partial charge in [0.1, 0.15) is 0 Å². The molecule has 1 aliphatic heterocycles. The number of rotatable bonds is 5. The van der Waals surface area contributed by atoms with Gasteiger partial charge in [0.15, 0.2) is 5.96 Å². The molecule has 0 aromatic rings. The van der Waals surface area contributed by atoms with Crippen LogP contribution in [0.2, 0.25) is 0 Å². The van der Waals surface area contributed by atoms with Crippen LogP contribution in [0.3, 0.4) is 0 Å². The van der Waals surface area contributed by atoms with Crippen molar-refractivity contribution < 1.29 is 26.3 Å². The number of halogens is 3. The lowest BCUT2D eigenvalue weighted by molar-refractivity contribution is -0.0494. The molecular formula is C15H29F3N4O3S. The standard InChI is InChI=1S/C15H29F3N4O3S/c1-14(2,3)12(25-5)10-20-13(19-4)21-11-6-8-22(9-7-11)26(23,24)15(16,17)18/h11-12H,6-10H2,1-5H3,(H2,19,20,21). The molecule has 1 unspecified atom stereocenters. The summed E-state index contributed by atoms with van der Waals surface area (Å²) in [5, 5.41) is 6.27. The Balaban J connectivity index is 2.55. The van der Waals surface area contributed by atoms with E-state index < -0.39 is 15.5 Å². The van der Waals surface area contributed by atoms with Crippen molar-refractivity contribution >= 4 is 16.0 Å². The number of ether oxygens (including phenoxy) is 1. The van der Waals surface area contributed by atoms with Gasteiger partial charge >= 0.3 is 15.5 Å². The topological polar surface area (TPSA) is 83.0 Å². The maximum absolute atomic E-state index is 12.6. The zero-order chi connectivity index (χ0) is 20.2. The number of hydrogen-bond acceptors (Lipinski definition) is 4. The minimum Gasteiger partial charge on any atom is -0.379 e. The van der Waals surface area contributed by atoms with Crippen molar-refractivity contribution in [2.24, 2.45) is 10.4 Å². The fourth-order valence-electron chi connectivity index (χ4n) is 2.71. The van der Waals surface area contributed by atoms with Gasteiger partial charge in [0.05, 0.1) is 6.10 Å². The zero-order valence-electron chi connectivity index (χ0n) is 15.9. The fourth-order valence-corrected chi connectivity index (χ4v) is 3.69. The van der Waals surface area contributed by atoms with Gasteiger partial charge in [-0.3, -0.25) is 4.99 Å². The Bertz CT molecular complexity index is 580. The summed E-state index contributed by atoms with van der Waals surface area (Å²) in [5.74, 6) is 0.508. The summed E-state index contributed by atoms with van der Waals surface area (Å²) in [7, 11) is -2.03. The highest BCUT2D eigenvalue weighted by atomic mass is 32.2. The van der Waals surface area contributed by atoms with Gasteiger partial charge in [-0.25, -0.2) is 8.42 Å². The molecule has 0 aliphatic carbocycles. The van der Waals surface area contributed by atoms with E-state index in [1.54, 1.807) is 14.2 Å². The molecule has 0 bridgehead atoms. The van der Waals surface area contributed by atoms with Gasteiger partial charge in [-0.1, -0.05) is 20.8 Å². The van der Waals surface area contributed by atoms with Gasteiger partial charge in [-0.2, -0.15) is 17.5 Å². The second-order valence-electron chi connectivity index (χ2n) is 7.31. The van der Waals surface area contributed by atoms with E-state index in [-0.39, 0.29) is 43.5 Å². The van der Waals surface area contributed by atoms with E-state index >= 15 is 0 Å². The Hall–Kier alpha value is -1.07. The number of hydrogen-bond donors (Lipinski definition) is 2. The number of aliphatic imine (C=N–C) groups is 1. The third-order valence-corrected chi connectivity index (χ3v) is 5.99. The lowest BCUT2D eigenvalue weighted by atomic mass is 9.89. The van der Waals surface area contributed by atoms with E-state index in [2.05, 4.69) is 36.4 Å². The van der Waals surface area contributed by atoms with Crippen LogP contribution in [-0.2, 0) is 14.8 Å². The van der Waals surface area contributed by atoms with Gasteiger partial charge in [0, 0.05) is 39.8 Å². The number of nitrogens with zero attached hydrogens (tertiary/aromatic N) is 2. The van der Waals surface area contributed by atoms with Crippen LogP contribution in [0.4, 0.5) is 13.2 Å². The summed E-state index contributed by atoms with van der Waals surface area (Å²) in [6.45, 7) is 6.31. The highest BCUT2D eigenvalue weighted by molar-refractivity contribution is 7.90. The van der Waals surface area contributed by atoms with Crippen LogP contribution < -0.4 is 10.6 Å². The molecule has 1 atom stereocenters. The zero-order valence-corrected chi connectivity index (χ0v) is 16.7. The molecule has 7 nitrogen and oxygen atoms in total. The number of guanidine groups is 1. The Labute approximate surface area is 153 Å². The molecule has 1 rings (SSSR count). The molecule has 0 aromatic heterocycles. The van der Waals surface area contributed by atoms with Crippen molar-refractivity contribution in [2.45, 2.75) is 51.3 Å². The van der Waals surface area contributed by atoms with Crippen LogP contribution in [0.25, 0.3) is 0 Å². The van der Waals surface area contributed by atoms with Gasteiger partial charge < -0.3 is 15.4 Å². The Morgan fingerprint density at radius 2 is 1.81 bits per heavy atom. The van der Waals surface area contributed by atoms with Crippen molar-refractivity contribution in [2.75, 3.05) is 33.8 Å². The van der Waals surface area contributed by atoms with E-state index in [0.29, 0.717) is 16.8 Å². The molecule has 1 fully saturated rings. The van der Waals surface area contributed by atoms with Gasteiger partial charge in [0.2, 0.25) is 0 Å². The SMILES string of the molecule is CN=C(NCC(OC)C(C)(C)C)NC1CCN(S(=O)(=O)C(F)(F)F)CC1. The molecule has 0 amide bonds. The molecule has 0 saturated carbocycles. The number of sulfonamides is 1. The summed E-state index contributed by atoms with van der Waals surface area (Å²) in [6.07, 6.45) is 0.478. The van der Waals surface area contributed by atoms with Crippen LogP contribution in [0.1, 0.15) is 33.6 Å². The average Bonchev–Trinajstić information content (AvgIpc) is 2.52. The average molecular weight is 402 g/mol. The van der Waals surface area contributed by atoms with Crippen LogP contribution in [0.15, 0.2) is 4.99 Å². The second-order valence-corrected chi connectivity index (χ2v) is 9.24. The first-order valence-corrected chi connectivity index (χ1v) is 9.83. The molecule has 1 aliphatic rings. The minimum absolute atomic E-state index is 0.0557. The third kappa shape index (κ3) is 5.98. The normalized spacial score (nSPS) is 20.1. The Kier molecular flexibility index (Phi) is 7.73. The number of nitrogens with one attached hydrogen (secondary N) is 2. The monoisotopic (exact) mass is 402 g/mol. The molecule has 154 valence electrons. The quantitative estimate of drug-likeness (QED) is 0.538. The fraction of sp³-hybridized carbons (Fsp3) is 0.933. The predicted octanol–water partition coefficient (Wildman–Crippen LogP) is 1.53. The van der Waals surface area contributed by atoms with Crippen molar-refractivity contribution in [1.82, 2.24) is 14.9 Å². The minimum atomic E-state index is -5.26. The van der Waals surface area contributed by atoms with Crippen LogP contribution in [0, 0.1) is 5.41 Å². The number of methoxy groups -OCH3 is 1. The summed E-state index contributed by atoms with van der Waals surface area (Å²) < 4.78 is 66.6. The highest BCUT2D eigenvalue weighted by Crippen LogP contribution is 2.29. The van der Waals surface area contributed by atoms with Gasteiger partial charge in [0.25, 0.3) is 0 Å². The highest BCUT2D eigenvalue weighted by Gasteiger charge is 2.50. The smallest absolute Gasteiger partial charge is 0.379 e. The molecule has 1 saturated heterocycles. The van der Waals surface area contributed by atoms with E-state index in [4.69, 9.17) is 4.74 Å². The van der Waals surface area contributed by atoms with E-state index in [0.717, 1.165) is 0 Å². The number of alkyl halides is 3.